The van der Waals surface area contributed by atoms with Crippen molar-refractivity contribution in [3.05, 3.63) is 0 Å². The van der Waals surface area contributed by atoms with Crippen LogP contribution >= 0.6 is 23.5 Å². The quantitative estimate of drug-likeness (QED) is 0.480. The molecule has 0 bridgehead atoms. The maximum Gasteiger partial charge on any atom is 0.182 e. The largest absolute Gasteiger partial charge is 0.182 e. The molecule has 1 heterocycles. The van der Waals surface area contributed by atoms with Crippen molar-refractivity contribution in [3.63, 3.8) is 0 Å². The van der Waals surface area contributed by atoms with Crippen molar-refractivity contribution in [1.29, 1.82) is 0 Å². The first kappa shape index (κ1) is 13.1. The zero-order valence-corrected chi connectivity index (χ0v) is 12.6. The van der Waals surface area contributed by atoms with E-state index in [4.69, 9.17) is 0 Å². The van der Waals surface area contributed by atoms with Gasteiger partial charge < -0.3 is 0 Å². The topological polar surface area (TPSA) is 0 Å². The summed E-state index contributed by atoms with van der Waals surface area (Å²) >= 11 is 3.82. The molecule has 0 amide bonds. The fourth-order valence-electron chi connectivity index (χ4n) is 1.06. The molecule has 1 fully saturated rings. The van der Waals surface area contributed by atoms with Gasteiger partial charge in [-0.2, -0.15) is 0 Å². The van der Waals surface area contributed by atoms with Gasteiger partial charge in [0.2, 0.25) is 0 Å². The number of thioether (sulfide) groups is 2. The van der Waals surface area contributed by atoms with Crippen molar-refractivity contribution < 1.29 is 0 Å². The summed E-state index contributed by atoms with van der Waals surface area (Å²) in [4.78, 5) is 0. The Morgan fingerprint density at radius 1 is 1.13 bits per heavy atom. The lowest BCUT2D eigenvalue weighted by molar-refractivity contribution is 1.27. The van der Waals surface area contributed by atoms with Gasteiger partial charge in [-0.15, -0.1) is 35.0 Å². The Balaban J connectivity index is 2.86. The first-order valence-electron chi connectivity index (χ1n) is 5.30. The summed E-state index contributed by atoms with van der Waals surface area (Å²) in [6.07, 6.45) is 0.928. The lowest BCUT2D eigenvalue weighted by atomic mass is 10.4. The fourth-order valence-corrected chi connectivity index (χ4v) is 4.42. The average molecular weight is 254 g/mol. The molecule has 0 aromatic heterocycles. The summed E-state index contributed by atoms with van der Waals surface area (Å²) in [7, 11) is -1.27. The van der Waals surface area contributed by atoms with E-state index in [9.17, 15) is 0 Å². The molecular formula is C12H18S2Si. The van der Waals surface area contributed by atoms with Crippen LogP contribution in [0.15, 0.2) is 0 Å². The minimum Gasteiger partial charge on any atom is -0.129 e. The smallest absolute Gasteiger partial charge is 0.129 e. The van der Waals surface area contributed by atoms with E-state index in [1.807, 2.05) is 23.5 Å². The van der Waals surface area contributed by atoms with E-state index in [0.717, 1.165) is 6.42 Å². The standard InChI is InChI=1S/C12H18S2Si/c1-5-6-7-12(13-9-10-14-12)8-11-15(2,3)4/h5,9-10H2,1-4H3. The number of rotatable bonds is 0. The van der Waals surface area contributed by atoms with Gasteiger partial charge in [0, 0.05) is 17.9 Å². The van der Waals surface area contributed by atoms with Crippen LogP contribution in [0.1, 0.15) is 13.3 Å². The molecule has 1 aliphatic heterocycles. The van der Waals surface area contributed by atoms with Crippen LogP contribution in [-0.4, -0.2) is 23.7 Å². The monoisotopic (exact) mass is 254 g/mol. The van der Waals surface area contributed by atoms with Crippen molar-refractivity contribution in [2.24, 2.45) is 0 Å². The zero-order valence-electron chi connectivity index (χ0n) is 9.94. The predicted molar refractivity (Wildman–Crippen MR) is 76.8 cm³/mol. The molecule has 15 heavy (non-hydrogen) atoms. The van der Waals surface area contributed by atoms with Crippen LogP contribution in [0.3, 0.4) is 0 Å². The molecule has 0 spiro atoms. The Morgan fingerprint density at radius 2 is 1.73 bits per heavy atom. The van der Waals surface area contributed by atoms with Gasteiger partial charge in [0.25, 0.3) is 0 Å². The first-order valence-corrected chi connectivity index (χ1v) is 10.8. The van der Waals surface area contributed by atoms with E-state index in [-0.39, 0.29) is 4.08 Å². The van der Waals surface area contributed by atoms with E-state index in [1.54, 1.807) is 0 Å². The van der Waals surface area contributed by atoms with Gasteiger partial charge in [-0.05, 0) is 0 Å². The highest BCUT2D eigenvalue weighted by atomic mass is 32.2. The SMILES string of the molecule is CCC#CC1(C#C[Si](C)(C)C)SCCS1. The lowest BCUT2D eigenvalue weighted by Crippen LogP contribution is -2.19. The van der Waals surface area contributed by atoms with Gasteiger partial charge in [0.1, 0.15) is 8.07 Å². The Hall–Kier alpha value is 0.0369. The molecule has 0 N–H and O–H groups in total. The van der Waals surface area contributed by atoms with Gasteiger partial charge in [0.15, 0.2) is 4.08 Å². The third-order valence-corrected chi connectivity index (χ3v) is 5.60. The third kappa shape index (κ3) is 4.60. The van der Waals surface area contributed by atoms with Crippen LogP contribution in [0.4, 0.5) is 0 Å². The predicted octanol–water partition coefficient (Wildman–Crippen LogP) is 3.46. The van der Waals surface area contributed by atoms with E-state index < -0.39 is 8.07 Å². The molecule has 0 radical (unpaired) electrons. The van der Waals surface area contributed by atoms with Crippen LogP contribution < -0.4 is 0 Å². The molecule has 0 nitrogen and oxygen atoms in total. The molecule has 0 aromatic rings. The van der Waals surface area contributed by atoms with E-state index in [0.29, 0.717) is 0 Å². The molecule has 0 aliphatic carbocycles. The second-order valence-corrected chi connectivity index (χ2v) is 12.1. The Morgan fingerprint density at radius 3 is 2.20 bits per heavy atom. The Labute approximate surface area is 103 Å². The highest BCUT2D eigenvalue weighted by Crippen LogP contribution is 2.43. The van der Waals surface area contributed by atoms with Crippen LogP contribution in [-0.2, 0) is 0 Å². The molecule has 3 heteroatoms. The van der Waals surface area contributed by atoms with Crippen molar-refractivity contribution in [1.82, 2.24) is 0 Å². The highest BCUT2D eigenvalue weighted by molar-refractivity contribution is 8.22. The van der Waals surface area contributed by atoms with Crippen LogP contribution in [0.5, 0.6) is 0 Å². The van der Waals surface area contributed by atoms with Crippen molar-refractivity contribution in [2.45, 2.75) is 37.1 Å². The second kappa shape index (κ2) is 5.39. The molecule has 0 saturated carbocycles. The Bertz CT molecular complexity index is 327. The summed E-state index contributed by atoms with van der Waals surface area (Å²) < 4.78 is -0.101. The maximum absolute atomic E-state index is 3.46. The summed E-state index contributed by atoms with van der Waals surface area (Å²) in [6, 6.07) is 0. The van der Waals surface area contributed by atoms with Gasteiger partial charge in [-0.3, -0.25) is 0 Å². The molecule has 1 saturated heterocycles. The average Bonchev–Trinajstić information content (AvgIpc) is 2.60. The van der Waals surface area contributed by atoms with E-state index >= 15 is 0 Å². The summed E-state index contributed by atoms with van der Waals surface area (Å²) in [5.74, 6) is 12.3. The van der Waals surface area contributed by atoms with Crippen LogP contribution in [0, 0.1) is 23.3 Å². The Kier molecular flexibility index (Phi) is 4.71. The number of hydrogen-bond acceptors (Lipinski definition) is 2. The molecule has 82 valence electrons. The second-order valence-electron chi connectivity index (χ2n) is 4.47. The van der Waals surface area contributed by atoms with Gasteiger partial charge in [0.05, 0.1) is 0 Å². The first-order chi connectivity index (χ1) is 6.97. The third-order valence-electron chi connectivity index (χ3n) is 1.73. The summed E-state index contributed by atoms with van der Waals surface area (Å²) in [5.41, 5.74) is 3.46. The zero-order chi connectivity index (χ0) is 11.4. The molecule has 0 aromatic carbocycles. The highest BCUT2D eigenvalue weighted by Gasteiger charge is 2.32. The van der Waals surface area contributed by atoms with Gasteiger partial charge in [-0.1, -0.05) is 38.4 Å². The molecule has 1 aliphatic rings. The van der Waals surface area contributed by atoms with Crippen LogP contribution in [0.2, 0.25) is 19.6 Å². The molecule has 0 atom stereocenters. The molecule has 1 rings (SSSR count). The van der Waals surface area contributed by atoms with E-state index in [2.05, 4.69) is 49.9 Å². The van der Waals surface area contributed by atoms with Gasteiger partial charge >= 0.3 is 0 Å². The molecule has 0 unspecified atom stereocenters. The minimum atomic E-state index is -1.27. The lowest BCUT2D eigenvalue weighted by Gasteiger charge is -2.14. The van der Waals surface area contributed by atoms with E-state index in [1.165, 1.54) is 11.5 Å². The normalized spacial score (nSPS) is 18.7. The van der Waals surface area contributed by atoms with Crippen molar-refractivity contribution in [2.75, 3.05) is 11.5 Å². The molecular weight excluding hydrogens is 236 g/mol. The fraction of sp³-hybridized carbons (Fsp3) is 0.667. The van der Waals surface area contributed by atoms with Gasteiger partial charge in [-0.25, -0.2) is 0 Å². The van der Waals surface area contributed by atoms with Crippen LogP contribution in [0.25, 0.3) is 0 Å². The van der Waals surface area contributed by atoms with Crippen molar-refractivity contribution >= 4 is 31.6 Å². The number of hydrogen-bond donors (Lipinski definition) is 0. The summed E-state index contributed by atoms with van der Waals surface area (Å²) in [6.45, 7) is 8.94. The van der Waals surface area contributed by atoms with Crippen molar-refractivity contribution in [3.8, 4) is 23.3 Å². The summed E-state index contributed by atoms with van der Waals surface area (Å²) in [5, 5.41) is 0. The minimum absolute atomic E-state index is 0.101. The maximum atomic E-state index is 3.46.